The zero-order valence-electron chi connectivity index (χ0n) is 11.3. The summed E-state index contributed by atoms with van der Waals surface area (Å²) in [6, 6.07) is 0.361. The number of likely N-dealkylation sites (N-methyl/N-ethyl adjacent to an activating group) is 1. The highest BCUT2D eigenvalue weighted by atomic mass is 35.5. The van der Waals surface area contributed by atoms with Crippen LogP contribution >= 0.6 is 12.4 Å². The van der Waals surface area contributed by atoms with Crippen molar-refractivity contribution in [2.24, 2.45) is 5.73 Å². The maximum Gasteiger partial charge on any atom is 0.0967 e. The molecule has 0 aliphatic heterocycles. The van der Waals surface area contributed by atoms with E-state index in [1.807, 2.05) is 17.9 Å². The summed E-state index contributed by atoms with van der Waals surface area (Å²) in [5.41, 5.74) is 6.59. The van der Waals surface area contributed by atoms with Gasteiger partial charge in [-0.3, -0.25) is 4.90 Å². The molecule has 6 heteroatoms. The Balaban J connectivity index is 0.00000256. The van der Waals surface area contributed by atoms with Gasteiger partial charge in [-0.1, -0.05) is 5.21 Å². The Labute approximate surface area is 110 Å². The molecule has 5 nitrogen and oxygen atoms in total. The standard InChI is InChI=1S/C11H23N5.ClH/c1-9(6-12)15(5)7-10-8-16(14-13-10)11(2,3)4;/h8-9H,6-7,12H2,1-5H3;1H. The molecule has 1 heterocycles. The lowest BCUT2D eigenvalue weighted by Gasteiger charge is -2.22. The summed E-state index contributed by atoms with van der Waals surface area (Å²) in [4.78, 5) is 2.18. The minimum atomic E-state index is -0.0106. The van der Waals surface area contributed by atoms with Gasteiger partial charge in [0.15, 0.2) is 0 Å². The fourth-order valence-corrected chi connectivity index (χ4v) is 1.29. The van der Waals surface area contributed by atoms with Crippen LogP contribution in [0.2, 0.25) is 0 Å². The second-order valence-corrected chi connectivity index (χ2v) is 5.33. The molecular weight excluding hydrogens is 238 g/mol. The molecule has 1 atom stereocenters. The second-order valence-electron chi connectivity index (χ2n) is 5.33. The lowest BCUT2D eigenvalue weighted by molar-refractivity contribution is 0.252. The van der Waals surface area contributed by atoms with Gasteiger partial charge in [0.2, 0.25) is 0 Å². The molecule has 0 amide bonds. The monoisotopic (exact) mass is 261 g/mol. The molecule has 0 aliphatic carbocycles. The van der Waals surface area contributed by atoms with Gasteiger partial charge in [0, 0.05) is 19.1 Å². The number of halogens is 1. The largest absolute Gasteiger partial charge is 0.329 e. The van der Waals surface area contributed by atoms with Crippen LogP contribution in [0.3, 0.4) is 0 Å². The van der Waals surface area contributed by atoms with Gasteiger partial charge in [-0.2, -0.15) is 0 Å². The Morgan fingerprint density at radius 1 is 1.47 bits per heavy atom. The minimum absolute atomic E-state index is 0. The molecule has 0 saturated heterocycles. The summed E-state index contributed by atoms with van der Waals surface area (Å²) < 4.78 is 1.89. The maximum absolute atomic E-state index is 5.62. The lowest BCUT2D eigenvalue weighted by atomic mass is 10.1. The molecule has 1 unspecified atom stereocenters. The molecule has 0 radical (unpaired) electrons. The van der Waals surface area contributed by atoms with E-state index in [0.717, 1.165) is 12.2 Å². The van der Waals surface area contributed by atoms with Crippen molar-refractivity contribution in [1.29, 1.82) is 0 Å². The van der Waals surface area contributed by atoms with E-state index in [2.05, 4.69) is 42.9 Å². The summed E-state index contributed by atoms with van der Waals surface area (Å²) in [6.45, 7) is 9.87. The van der Waals surface area contributed by atoms with Crippen LogP contribution in [0.25, 0.3) is 0 Å². The zero-order valence-corrected chi connectivity index (χ0v) is 12.2. The van der Waals surface area contributed by atoms with E-state index in [-0.39, 0.29) is 17.9 Å². The summed E-state index contributed by atoms with van der Waals surface area (Å²) in [5.74, 6) is 0. The first-order chi connectivity index (χ1) is 7.34. The number of aromatic nitrogens is 3. The van der Waals surface area contributed by atoms with Gasteiger partial charge >= 0.3 is 0 Å². The third kappa shape index (κ3) is 4.61. The highest BCUT2D eigenvalue weighted by molar-refractivity contribution is 5.85. The highest BCUT2D eigenvalue weighted by Crippen LogP contribution is 2.12. The third-order valence-electron chi connectivity index (χ3n) is 2.73. The van der Waals surface area contributed by atoms with Crippen molar-refractivity contribution in [3.05, 3.63) is 11.9 Å². The van der Waals surface area contributed by atoms with Crippen molar-refractivity contribution in [2.45, 2.75) is 45.8 Å². The molecule has 1 aromatic rings. The van der Waals surface area contributed by atoms with Crippen LogP contribution in [0.1, 0.15) is 33.4 Å². The zero-order chi connectivity index (χ0) is 12.3. The summed E-state index contributed by atoms with van der Waals surface area (Å²) in [7, 11) is 2.05. The van der Waals surface area contributed by atoms with Gasteiger partial charge in [0.05, 0.1) is 17.4 Å². The normalized spacial score (nSPS) is 13.6. The Kier molecular flexibility index (Phi) is 6.09. The van der Waals surface area contributed by atoms with Crippen molar-refractivity contribution in [2.75, 3.05) is 13.6 Å². The number of nitrogens with zero attached hydrogens (tertiary/aromatic N) is 4. The molecule has 2 N–H and O–H groups in total. The van der Waals surface area contributed by atoms with Crippen LogP contribution < -0.4 is 5.73 Å². The van der Waals surface area contributed by atoms with Crippen LogP contribution in [0.4, 0.5) is 0 Å². The molecular formula is C11H24ClN5. The summed E-state index contributed by atoms with van der Waals surface area (Å²) in [5, 5.41) is 8.30. The molecule has 100 valence electrons. The van der Waals surface area contributed by atoms with E-state index in [1.165, 1.54) is 0 Å². The van der Waals surface area contributed by atoms with Crippen molar-refractivity contribution < 1.29 is 0 Å². The maximum atomic E-state index is 5.62. The van der Waals surface area contributed by atoms with E-state index in [1.54, 1.807) is 0 Å². The number of hydrogen-bond acceptors (Lipinski definition) is 4. The average molecular weight is 262 g/mol. The van der Waals surface area contributed by atoms with Crippen molar-refractivity contribution in [3.63, 3.8) is 0 Å². The van der Waals surface area contributed by atoms with Gasteiger partial charge in [-0.15, -0.1) is 17.5 Å². The first kappa shape index (κ1) is 16.4. The van der Waals surface area contributed by atoms with Crippen molar-refractivity contribution >= 4 is 12.4 Å². The van der Waals surface area contributed by atoms with Crippen LogP contribution in [-0.4, -0.2) is 39.5 Å². The molecule has 0 aromatic carbocycles. The highest BCUT2D eigenvalue weighted by Gasteiger charge is 2.16. The molecule has 0 spiro atoms. The third-order valence-corrected chi connectivity index (χ3v) is 2.73. The first-order valence-corrected chi connectivity index (χ1v) is 5.66. The minimum Gasteiger partial charge on any atom is -0.329 e. The van der Waals surface area contributed by atoms with Crippen LogP contribution in [-0.2, 0) is 12.1 Å². The smallest absolute Gasteiger partial charge is 0.0967 e. The fourth-order valence-electron chi connectivity index (χ4n) is 1.29. The second kappa shape index (κ2) is 6.33. The van der Waals surface area contributed by atoms with E-state index < -0.39 is 0 Å². The molecule has 1 aromatic heterocycles. The summed E-state index contributed by atoms with van der Waals surface area (Å²) in [6.07, 6.45) is 2.00. The van der Waals surface area contributed by atoms with Gasteiger partial charge in [-0.05, 0) is 34.7 Å². The SMILES string of the molecule is CC(CN)N(C)Cc1cn(C(C)(C)C)nn1.Cl. The van der Waals surface area contributed by atoms with Gasteiger partial charge < -0.3 is 5.73 Å². The Morgan fingerprint density at radius 3 is 2.47 bits per heavy atom. The number of rotatable bonds is 4. The number of nitrogens with two attached hydrogens (primary N) is 1. The van der Waals surface area contributed by atoms with Gasteiger partial charge in [0.25, 0.3) is 0 Å². The van der Waals surface area contributed by atoms with Crippen molar-refractivity contribution in [1.82, 2.24) is 19.9 Å². The number of hydrogen-bond donors (Lipinski definition) is 1. The Morgan fingerprint density at radius 2 is 2.06 bits per heavy atom. The van der Waals surface area contributed by atoms with E-state index in [9.17, 15) is 0 Å². The molecule has 0 fully saturated rings. The predicted molar refractivity (Wildman–Crippen MR) is 72.2 cm³/mol. The average Bonchev–Trinajstić information content (AvgIpc) is 2.64. The van der Waals surface area contributed by atoms with Crippen molar-refractivity contribution in [3.8, 4) is 0 Å². The quantitative estimate of drug-likeness (QED) is 0.886. The molecule has 0 bridgehead atoms. The Hall–Kier alpha value is -0.650. The molecule has 17 heavy (non-hydrogen) atoms. The van der Waals surface area contributed by atoms with Crippen LogP contribution in [0.5, 0.6) is 0 Å². The first-order valence-electron chi connectivity index (χ1n) is 5.66. The van der Waals surface area contributed by atoms with Gasteiger partial charge in [0.1, 0.15) is 0 Å². The van der Waals surface area contributed by atoms with E-state index in [4.69, 9.17) is 5.73 Å². The molecule has 1 rings (SSSR count). The topological polar surface area (TPSA) is 60.0 Å². The summed E-state index contributed by atoms with van der Waals surface area (Å²) >= 11 is 0. The van der Waals surface area contributed by atoms with Crippen LogP contribution in [0, 0.1) is 0 Å². The molecule has 0 saturated carbocycles. The van der Waals surface area contributed by atoms with E-state index in [0.29, 0.717) is 12.6 Å². The van der Waals surface area contributed by atoms with E-state index >= 15 is 0 Å². The van der Waals surface area contributed by atoms with Crippen LogP contribution in [0.15, 0.2) is 6.20 Å². The Bertz CT molecular complexity index is 331. The predicted octanol–water partition coefficient (Wildman–Crippen LogP) is 1.23. The lowest BCUT2D eigenvalue weighted by Crippen LogP contribution is -2.34. The molecule has 0 aliphatic rings. The fraction of sp³-hybridized carbons (Fsp3) is 0.818. The van der Waals surface area contributed by atoms with Gasteiger partial charge in [-0.25, -0.2) is 4.68 Å².